The fraction of sp³-hybridized carbons (Fsp3) is 0. The second kappa shape index (κ2) is 5.49. The van der Waals surface area contributed by atoms with Gasteiger partial charge in [0.05, 0.1) is 16.8 Å². The Morgan fingerprint density at radius 2 is 1.28 bits per heavy atom. The molecule has 0 amide bonds. The van der Waals surface area contributed by atoms with Crippen LogP contribution in [0.1, 0.15) is 31.8 Å². The summed E-state index contributed by atoms with van der Waals surface area (Å²) in [6.07, 6.45) is 0. The summed E-state index contributed by atoms with van der Waals surface area (Å²) in [5.41, 5.74) is 0.919. The number of nitrogens with one attached hydrogen (secondary N) is 1. The van der Waals surface area contributed by atoms with Crippen molar-refractivity contribution >= 4 is 22.9 Å². The molecule has 4 rings (SSSR count). The molecule has 1 aliphatic carbocycles. The predicted octanol–water partition coefficient (Wildman–Crippen LogP) is 3.62. The Morgan fingerprint density at radius 1 is 0.720 bits per heavy atom. The third-order valence-corrected chi connectivity index (χ3v) is 4.20. The van der Waals surface area contributed by atoms with Crippen molar-refractivity contribution in [3.63, 3.8) is 0 Å². The summed E-state index contributed by atoms with van der Waals surface area (Å²) in [7, 11) is 0. The van der Waals surface area contributed by atoms with Gasteiger partial charge in [-0.2, -0.15) is 0 Å². The molecule has 0 unspecified atom stereocenters. The van der Waals surface area contributed by atoms with E-state index in [2.05, 4.69) is 5.32 Å². The highest BCUT2D eigenvalue weighted by Gasteiger charge is 2.35. The molecule has 122 valence electrons. The number of carbonyl (C=O) groups excluding carboxylic acids is 2. The number of rotatable bonds is 2. The topological polar surface area (TPSA) is 86.6 Å². The summed E-state index contributed by atoms with van der Waals surface area (Å²) in [5.74, 6) is -1.68. The Bertz CT molecular complexity index is 1030. The van der Waals surface area contributed by atoms with Crippen molar-refractivity contribution in [1.82, 2.24) is 0 Å². The molecule has 0 fully saturated rings. The third-order valence-electron chi connectivity index (χ3n) is 4.20. The number of hydrogen-bond donors (Lipinski definition) is 3. The van der Waals surface area contributed by atoms with E-state index < -0.39 is 11.6 Å². The lowest BCUT2D eigenvalue weighted by molar-refractivity contribution is 0.0974. The lowest BCUT2D eigenvalue weighted by atomic mass is 9.82. The van der Waals surface area contributed by atoms with Gasteiger partial charge in [0.25, 0.3) is 0 Å². The number of para-hydroxylation sites is 1. The van der Waals surface area contributed by atoms with Crippen molar-refractivity contribution in [3.05, 3.63) is 82.9 Å². The first-order valence-corrected chi connectivity index (χ1v) is 7.67. The van der Waals surface area contributed by atoms with Crippen LogP contribution < -0.4 is 5.32 Å². The quantitative estimate of drug-likeness (QED) is 0.386. The van der Waals surface area contributed by atoms with Gasteiger partial charge in [0.1, 0.15) is 5.75 Å². The van der Waals surface area contributed by atoms with Gasteiger partial charge in [0, 0.05) is 22.9 Å². The van der Waals surface area contributed by atoms with E-state index in [-0.39, 0.29) is 39.4 Å². The van der Waals surface area contributed by atoms with Crippen LogP contribution in [0.2, 0.25) is 0 Å². The van der Waals surface area contributed by atoms with Gasteiger partial charge in [-0.15, -0.1) is 0 Å². The number of phenolic OH excluding ortho intramolecular Hbond substituents is 2. The van der Waals surface area contributed by atoms with Crippen LogP contribution >= 0.6 is 0 Å². The molecule has 0 atom stereocenters. The second-order valence-electron chi connectivity index (χ2n) is 5.74. The molecule has 0 heterocycles. The number of phenols is 2. The molecule has 0 bridgehead atoms. The van der Waals surface area contributed by atoms with Crippen LogP contribution in [0.5, 0.6) is 11.5 Å². The van der Waals surface area contributed by atoms with Gasteiger partial charge in [-0.1, -0.05) is 42.5 Å². The zero-order chi connectivity index (χ0) is 17.6. The van der Waals surface area contributed by atoms with Crippen LogP contribution in [0.4, 0.5) is 11.4 Å². The molecule has 25 heavy (non-hydrogen) atoms. The Morgan fingerprint density at radius 3 is 1.92 bits per heavy atom. The fourth-order valence-electron chi connectivity index (χ4n) is 3.03. The SMILES string of the molecule is O=C1c2ccccc2C(=O)c2c(O)c(Nc3ccccc3)cc(O)c21. The zero-order valence-electron chi connectivity index (χ0n) is 13.0. The molecule has 0 aliphatic heterocycles. The normalized spacial score (nSPS) is 12.5. The van der Waals surface area contributed by atoms with Crippen molar-refractivity contribution in [2.75, 3.05) is 5.32 Å². The number of carbonyl (C=O) groups is 2. The Kier molecular flexibility index (Phi) is 3.28. The van der Waals surface area contributed by atoms with E-state index in [9.17, 15) is 19.8 Å². The van der Waals surface area contributed by atoms with Crippen molar-refractivity contribution in [1.29, 1.82) is 0 Å². The van der Waals surface area contributed by atoms with Crippen molar-refractivity contribution < 1.29 is 19.8 Å². The number of fused-ring (bicyclic) bond motifs is 2. The molecule has 5 heteroatoms. The van der Waals surface area contributed by atoms with Gasteiger partial charge < -0.3 is 15.5 Å². The zero-order valence-corrected chi connectivity index (χ0v) is 13.0. The minimum absolute atomic E-state index is 0.156. The monoisotopic (exact) mass is 331 g/mol. The molecule has 0 saturated heterocycles. The maximum atomic E-state index is 12.8. The van der Waals surface area contributed by atoms with E-state index >= 15 is 0 Å². The third kappa shape index (κ3) is 2.25. The molecule has 0 aromatic heterocycles. The van der Waals surface area contributed by atoms with Crippen LogP contribution in [0.15, 0.2) is 60.7 Å². The van der Waals surface area contributed by atoms with Gasteiger partial charge in [0.2, 0.25) is 0 Å². The molecular formula is C20H13NO4. The molecule has 0 spiro atoms. The van der Waals surface area contributed by atoms with Crippen molar-refractivity contribution in [2.24, 2.45) is 0 Å². The van der Waals surface area contributed by atoms with Crippen LogP contribution in [0.3, 0.4) is 0 Å². The number of benzene rings is 3. The highest BCUT2D eigenvalue weighted by Crippen LogP contribution is 2.43. The number of hydrogen-bond acceptors (Lipinski definition) is 5. The van der Waals surface area contributed by atoms with Gasteiger partial charge >= 0.3 is 0 Å². The number of ketones is 2. The molecule has 3 aromatic rings. The van der Waals surface area contributed by atoms with Crippen molar-refractivity contribution in [3.8, 4) is 11.5 Å². The van der Waals surface area contributed by atoms with Gasteiger partial charge in [-0.3, -0.25) is 9.59 Å². The summed E-state index contributed by atoms with van der Waals surface area (Å²) in [4.78, 5) is 25.4. The summed E-state index contributed by atoms with van der Waals surface area (Å²) >= 11 is 0. The fourth-order valence-corrected chi connectivity index (χ4v) is 3.03. The Labute approximate surface area is 143 Å². The predicted molar refractivity (Wildman–Crippen MR) is 92.8 cm³/mol. The molecule has 1 aliphatic rings. The average Bonchev–Trinajstić information content (AvgIpc) is 2.63. The van der Waals surface area contributed by atoms with Crippen LogP contribution in [-0.4, -0.2) is 21.8 Å². The first kappa shape index (κ1) is 15.0. The first-order chi connectivity index (χ1) is 12.1. The van der Waals surface area contributed by atoms with E-state index in [4.69, 9.17) is 0 Å². The van der Waals surface area contributed by atoms with Gasteiger partial charge in [-0.25, -0.2) is 0 Å². The maximum absolute atomic E-state index is 12.8. The summed E-state index contributed by atoms with van der Waals surface area (Å²) in [6.45, 7) is 0. The van der Waals surface area contributed by atoms with Gasteiger partial charge in [-0.05, 0) is 12.1 Å². The Hall–Kier alpha value is -3.60. The molecular weight excluding hydrogens is 318 g/mol. The number of anilines is 2. The largest absolute Gasteiger partial charge is 0.507 e. The maximum Gasteiger partial charge on any atom is 0.198 e. The molecule has 3 N–H and O–H groups in total. The van der Waals surface area contributed by atoms with Gasteiger partial charge in [0.15, 0.2) is 17.3 Å². The van der Waals surface area contributed by atoms with Crippen LogP contribution in [-0.2, 0) is 0 Å². The van der Waals surface area contributed by atoms with Crippen LogP contribution in [0.25, 0.3) is 0 Å². The standard InChI is InChI=1S/C20H13NO4/c22-15-10-14(21-11-6-2-1-3-7-11)20(25)17-16(15)18(23)12-8-4-5-9-13(12)19(17)24/h1-10,21-22,25H. The Balaban J connectivity index is 1.90. The minimum Gasteiger partial charge on any atom is -0.507 e. The summed E-state index contributed by atoms with van der Waals surface area (Å²) in [5, 5.41) is 23.9. The lowest BCUT2D eigenvalue weighted by Crippen LogP contribution is -2.21. The molecule has 5 nitrogen and oxygen atoms in total. The second-order valence-corrected chi connectivity index (χ2v) is 5.74. The van der Waals surface area contributed by atoms with E-state index in [1.54, 1.807) is 24.3 Å². The van der Waals surface area contributed by atoms with Crippen LogP contribution in [0, 0.1) is 0 Å². The van der Waals surface area contributed by atoms with E-state index in [0.717, 1.165) is 0 Å². The first-order valence-electron chi connectivity index (χ1n) is 7.67. The summed E-state index contributed by atoms with van der Waals surface area (Å²) < 4.78 is 0. The summed E-state index contributed by atoms with van der Waals surface area (Å²) in [6, 6.07) is 16.6. The minimum atomic E-state index is -0.491. The van der Waals surface area contributed by atoms with E-state index in [0.29, 0.717) is 5.69 Å². The average molecular weight is 331 g/mol. The lowest BCUT2D eigenvalue weighted by Gasteiger charge is -2.21. The smallest absolute Gasteiger partial charge is 0.198 e. The highest BCUT2D eigenvalue weighted by atomic mass is 16.3. The van der Waals surface area contributed by atoms with E-state index in [1.807, 2.05) is 18.2 Å². The molecule has 3 aromatic carbocycles. The number of aromatic hydroxyl groups is 2. The molecule has 0 radical (unpaired) electrons. The van der Waals surface area contributed by atoms with E-state index in [1.165, 1.54) is 18.2 Å². The highest BCUT2D eigenvalue weighted by molar-refractivity contribution is 6.30. The molecule has 0 saturated carbocycles. The van der Waals surface area contributed by atoms with Crippen molar-refractivity contribution in [2.45, 2.75) is 0 Å².